The highest BCUT2D eigenvalue weighted by atomic mass is 16.2. The maximum Gasteiger partial charge on any atom is 0.159 e. The number of carbonyl (C=O) groups is 1. The molecule has 2 nitrogen and oxygen atoms in total. The lowest BCUT2D eigenvalue weighted by atomic mass is 9.45. The Balaban J connectivity index is 1.75. The van der Waals surface area contributed by atoms with Crippen molar-refractivity contribution in [3.8, 4) is 0 Å². The molecule has 2 bridgehead atoms. The number of carbonyl (C=O) groups excluding carboxylic acids is 1. The van der Waals surface area contributed by atoms with Gasteiger partial charge in [0.15, 0.2) is 5.78 Å². The Hall–Kier alpha value is -0.630. The minimum Gasteiger partial charge on any atom is -0.396 e. The summed E-state index contributed by atoms with van der Waals surface area (Å²) in [6, 6.07) is 0. The van der Waals surface area contributed by atoms with E-state index in [9.17, 15) is 9.90 Å². The maximum absolute atomic E-state index is 12.8. The standard InChI is InChI=1S/C23H36O2/c1-16-20-14-19-12-11-18(10-6-7-13-24)23(20,15-21(16)25)22(19,2)17-8-4-3-5-9-17/h17-19,24H,3-15H2,1-2H3. The fourth-order valence-corrected chi connectivity index (χ4v) is 7.84. The molecule has 4 rings (SSSR count). The number of allylic oxidation sites excluding steroid dienone is 2. The second-order valence-corrected chi connectivity index (χ2v) is 9.69. The Morgan fingerprint density at radius 1 is 1.04 bits per heavy atom. The first-order chi connectivity index (χ1) is 12.1. The molecule has 0 saturated heterocycles. The van der Waals surface area contributed by atoms with Gasteiger partial charge < -0.3 is 5.11 Å². The zero-order valence-electron chi connectivity index (χ0n) is 16.3. The average Bonchev–Trinajstić information content (AvgIpc) is 2.94. The molecular weight excluding hydrogens is 308 g/mol. The van der Waals surface area contributed by atoms with Crippen LogP contribution in [0.2, 0.25) is 0 Å². The van der Waals surface area contributed by atoms with Crippen molar-refractivity contribution in [1.29, 1.82) is 0 Å². The van der Waals surface area contributed by atoms with E-state index in [0.29, 0.717) is 23.7 Å². The summed E-state index contributed by atoms with van der Waals surface area (Å²) in [5.41, 5.74) is 3.24. The second kappa shape index (κ2) is 6.51. The zero-order chi connectivity index (χ0) is 17.7. The van der Waals surface area contributed by atoms with Crippen molar-refractivity contribution < 1.29 is 9.90 Å². The number of hydrogen-bond donors (Lipinski definition) is 1. The van der Waals surface area contributed by atoms with Crippen LogP contribution in [0.3, 0.4) is 0 Å². The molecule has 4 aliphatic carbocycles. The predicted octanol–water partition coefficient (Wildman–Crippen LogP) is 5.44. The summed E-state index contributed by atoms with van der Waals surface area (Å²) in [6.07, 6.45) is 14.9. The van der Waals surface area contributed by atoms with Crippen molar-refractivity contribution in [2.75, 3.05) is 6.61 Å². The van der Waals surface area contributed by atoms with Gasteiger partial charge in [-0.05, 0) is 80.6 Å². The lowest BCUT2D eigenvalue weighted by molar-refractivity contribution is -0.126. The Morgan fingerprint density at radius 2 is 1.80 bits per heavy atom. The summed E-state index contributed by atoms with van der Waals surface area (Å²) in [5, 5.41) is 9.24. The van der Waals surface area contributed by atoms with E-state index in [2.05, 4.69) is 13.8 Å². The lowest BCUT2D eigenvalue weighted by Crippen LogP contribution is -2.52. The number of unbranched alkanes of at least 4 members (excludes halogenated alkanes) is 1. The van der Waals surface area contributed by atoms with Crippen molar-refractivity contribution in [2.45, 2.75) is 90.9 Å². The molecule has 25 heavy (non-hydrogen) atoms. The first-order valence-electron chi connectivity index (χ1n) is 10.9. The first-order valence-corrected chi connectivity index (χ1v) is 10.9. The van der Waals surface area contributed by atoms with Crippen LogP contribution in [0.5, 0.6) is 0 Å². The van der Waals surface area contributed by atoms with Crippen molar-refractivity contribution >= 4 is 5.78 Å². The van der Waals surface area contributed by atoms with Gasteiger partial charge in [-0.25, -0.2) is 0 Å². The smallest absolute Gasteiger partial charge is 0.159 e. The lowest BCUT2D eigenvalue weighted by Gasteiger charge is -2.58. The molecule has 140 valence electrons. The Morgan fingerprint density at radius 3 is 2.52 bits per heavy atom. The molecule has 4 aliphatic rings. The molecule has 0 radical (unpaired) electrons. The van der Waals surface area contributed by atoms with Crippen LogP contribution in [0.25, 0.3) is 0 Å². The number of aliphatic hydroxyl groups excluding tert-OH is 1. The monoisotopic (exact) mass is 344 g/mol. The van der Waals surface area contributed by atoms with Gasteiger partial charge in [-0.2, -0.15) is 0 Å². The Labute approximate surface area is 153 Å². The molecule has 1 N–H and O–H groups in total. The molecule has 4 unspecified atom stereocenters. The minimum absolute atomic E-state index is 0.175. The fraction of sp³-hybridized carbons (Fsp3) is 0.870. The van der Waals surface area contributed by atoms with Gasteiger partial charge in [-0.15, -0.1) is 0 Å². The highest BCUT2D eigenvalue weighted by molar-refractivity contribution is 6.00. The molecule has 0 aromatic carbocycles. The van der Waals surface area contributed by atoms with E-state index < -0.39 is 0 Å². The number of hydrogen-bond acceptors (Lipinski definition) is 2. The minimum atomic E-state index is 0.175. The number of Topliss-reactive ketones (excluding diaryl/α,β-unsaturated/α-hetero) is 1. The molecule has 0 aromatic rings. The molecule has 3 saturated carbocycles. The second-order valence-electron chi connectivity index (χ2n) is 9.69. The van der Waals surface area contributed by atoms with Crippen LogP contribution in [0.1, 0.15) is 90.9 Å². The summed E-state index contributed by atoms with van der Waals surface area (Å²) >= 11 is 0. The number of aliphatic hydroxyl groups is 1. The third kappa shape index (κ3) is 2.35. The van der Waals surface area contributed by atoms with E-state index in [1.54, 1.807) is 5.57 Å². The largest absolute Gasteiger partial charge is 0.396 e. The molecule has 0 aromatic heterocycles. The number of rotatable bonds is 5. The van der Waals surface area contributed by atoms with Gasteiger partial charge in [0.1, 0.15) is 0 Å². The predicted molar refractivity (Wildman–Crippen MR) is 101 cm³/mol. The van der Waals surface area contributed by atoms with E-state index >= 15 is 0 Å². The topological polar surface area (TPSA) is 37.3 Å². The van der Waals surface area contributed by atoms with Crippen LogP contribution in [0, 0.1) is 28.6 Å². The first kappa shape index (κ1) is 17.8. The van der Waals surface area contributed by atoms with E-state index in [4.69, 9.17) is 0 Å². The van der Waals surface area contributed by atoms with Gasteiger partial charge in [-0.1, -0.05) is 38.2 Å². The molecule has 0 aliphatic heterocycles. The van der Waals surface area contributed by atoms with Gasteiger partial charge in [0.2, 0.25) is 0 Å². The highest BCUT2D eigenvalue weighted by Crippen LogP contribution is 2.76. The number of fused-ring (bicyclic) bond motifs is 1. The maximum atomic E-state index is 12.8. The molecule has 2 heteroatoms. The molecule has 0 amide bonds. The summed E-state index contributed by atoms with van der Waals surface area (Å²) in [4.78, 5) is 12.8. The van der Waals surface area contributed by atoms with Crippen molar-refractivity contribution in [3.05, 3.63) is 11.1 Å². The quantitative estimate of drug-likeness (QED) is 0.674. The summed E-state index contributed by atoms with van der Waals surface area (Å²) < 4.78 is 0. The van der Waals surface area contributed by atoms with Crippen LogP contribution in [0.4, 0.5) is 0 Å². The summed E-state index contributed by atoms with van der Waals surface area (Å²) in [7, 11) is 0. The van der Waals surface area contributed by atoms with E-state index in [1.807, 2.05) is 0 Å². The SMILES string of the molecule is CC1=C2CC3CCC(CCCCO)C2(CC1=O)C3(C)C1CCCCC1. The van der Waals surface area contributed by atoms with Crippen LogP contribution in [0.15, 0.2) is 11.1 Å². The van der Waals surface area contributed by atoms with Gasteiger partial charge >= 0.3 is 0 Å². The van der Waals surface area contributed by atoms with Crippen molar-refractivity contribution in [3.63, 3.8) is 0 Å². The van der Waals surface area contributed by atoms with E-state index in [1.165, 1.54) is 57.8 Å². The highest BCUT2D eigenvalue weighted by Gasteiger charge is 2.69. The Kier molecular flexibility index (Phi) is 4.63. The van der Waals surface area contributed by atoms with Crippen molar-refractivity contribution in [2.24, 2.45) is 28.6 Å². The molecule has 4 atom stereocenters. The van der Waals surface area contributed by atoms with E-state index in [0.717, 1.165) is 36.7 Å². The molecular formula is C23H36O2. The third-order valence-electron chi connectivity index (χ3n) is 9.08. The normalized spacial score (nSPS) is 41.5. The van der Waals surface area contributed by atoms with E-state index in [-0.39, 0.29) is 5.41 Å². The molecule has 3 fully saturated rings. The Bertz CT molecular complexity index is 571. The summed E-state index contributed by atoms with van der Waals surface area (Å²) in [5.74, 6) is 2.75. The van der Waals surface area contributed by atoms with Crippen LogP contribution in [-0.2, 0) is 4.79 Å². The molecule has 0 heterocycles. The van der Waals surface area contributed by atoms with Gasteiger partial charge in [0, 0.05) is 18.4 Å². The fourth-order valence-electron chi connectivity index (χ4n) is 7.84. The van der Waals surface area contributed by atoms with Gasteiger partial charge in [0.25, 0.3) is 0 Å². The third-order valence-corrected chi connectivity index (χ3v) is 9.08. The van der Waals surface area contributed by atoms with Crippen LogP contribution in [-0.4, -0.2) is 17.5 Å². The van der Waals surface area contributed by atoms with Crippen molar-refractivity contribution in [1.82, 2.24) is 0 Å². The van der Waals surface area contributed by atoms with Crippen LogP contribution >= 0.6 is 0 Å². The average molecular weight is 345 g/mol. The van der Waals surface area contributed by atoms with Gasteiger partial charge in [0.05, 0.1) is 0 Å². The molecule has 1 spiro atoms. The zero-order valence-corrected chi connectivity index (χ0v) is 16.3. The van der Waals surface area contributed by atoms with Crippen LogP contribution < -0.4 is 0 Å². The summed E-state index contributed by atoms with van der Waals surface area (Å²) in [6.45, 7) is 5.03. The van der Waals surface area contributed by atoms with Gasteiger partial charge in [-0.3, -0.25) is 4.79 Å². The number of ketones is 1.